The van der Waals surface area contributed by atoms with Crippen molar-refractivity contribution in [3.05, 3.63) is 63.7 Å². The molecule has 2 aromatic carbocycles. The maximum absolute atomic E-state index is 13.0. The van der Waals surface area contributed by atoms with E-state index in [1.54, 1.807) is 34.9 Å². The molecule has 0 unspecified atom stereocenters. The van der Waals surface area contributed by atoms with Gasteiger partial charge in [0.15, 0.2) is 0 Å². The Kier molecular flexibility index (Phi) is 6.20. The second-order valence-corrected chi connectivity index (χ2v) is 7.74. The first-order valence-corrected chi connectivity index (χ1v) is 10.6. The van der Waals surface area contributed by atoms with Gasteiger partial charge in [-0.3, -0.25) is 14.2 Å². The quantitative estimate of drug-likeness (QED) is 0.629. The molecule has 0 atom stereocenters. The van der Waals surface area contributed by atoms with Gasteiger partial charge in [-0.25, -0.2) is 9.78 Å². The van der Waals surface area contributed by atoms with Crippen LogP contribution in [0, 0.1) is 0 Å². The van der Waals surface area contributed by atoms with Crippen molar-refractivity contribution in [1.82, 2.24) is 9.55 Å². The highest BCUT2D eigenvalue weighted by Gasteiger charge is 2.18. The van der Waals surface area contributed by atoms with Crippen molar-refractivity contribution in [3.63, 3.8) is 0 Å². The number of aromatic nitrogens is 2. The van der Waals surface area contributed by atoms with Crippen LogP contribution in [0.2, 0.25) is 0 Å². The SMILES string of the molecule is COC(=O)c1cc(OC)ccc1NC(=O)c1ccc2c(=O)n3c(nc2c1)CCCCCC3. The molecule has 0 saturated carbocycles. The van der Waals surface area contributed by atoms with Gasteiger partial charge in [-0.1, -0.05) is 12.8 Å². The van der Waals surface area contributed by atoms with E-state index in [4.69, 9.17) is 14.5 Å². The normalized spacial score (nSPS) is 13.6. The Bertz CT molecular complexity index is 1250. The van der Waals surface area contributed by atoms with Crippen molar-refractivity contribution in [2.45, 2.75) is 38.6 Å². The van der Waals surface area contributed by atoms with Crippen molar-refractivity contribution < 1.29 is 19.1 Å². The minimum Gasteiger partial charge on any atom is -0.497 e. The molecule has 166 valence electrons. The number of hydrogen-bond acceptors (Lipinski definition) is 6. The van der Waals surface area contributed by atoms with Crippen LogP contribution in [0.5, 0.6) is 5.75 Å². The van der Waals surface area contributed by atoms with Gasteiger partial charge in [-0.15, -0.1) is 0 Å². The van der Waals surface area contributed by atoms with Crippen LogP contribution in [-0.2, 0) is 17.7 Å². The first-order chi connectivity index (χ1) is 15.5. The number of benzene rings is 2. The maximum Gasteiger partial charge on any atom is 0.340 e. The number of fused-ring (bicyclic) bond motifs is 2. The third-order valence-electron chi connectivity index (χ3n) is 5.71. The Labute approximate surface area is 185 Å². The van der Waals surface area contributed by atoms with Gasteiger partial charge in [0.25, 0.3) is 11.5 Å². The number of ether oxygens (including phenoxy) is 2. The number of carbonyl (C=O) groups is 2. The van der Waals surface area contributed by atoms with E-state index in [9.17, 15) is 14.4 Å². The number of carbonyl (C=O) groups excluding carboxylic acids is 2. The number of nitrogens with zero attached hydrogens (tertiary/aromatic N) is 2. The molecule has 32 heavy (non-hydrogen) atoms. The van der Waals surface area contributed by atoms with Gasteiger partial charge in [0, 0.05) is 18.5 Å². The van der Waals surface area contributed by atoms with Crippen LogP contribution in [0.25, 0.3) is 10.9 Å². The van der Waals surface area contributed by atoms with Crippen LogP contribution in [0.3, 0.4) is 0 Å². The fourth-order valence-electron chi connectivity index (χ4n) is 3.97. The zero-order valence-electron chi connectivity index (χ0n) is 18.1. The van der Waals surface area contributed by atoms with Crippen molar-refractivity contribution in [1.29, 1.82) is 0 Å². The molecular weight excluding hydrogens is 410 g/mol. The van der Waals surface area contributed by atoms with Crippen LogP contribution in [-0.4, -0.2) is 35.6 Å². The van der Waals surface area contributed by atoms with Gasteiger partial charge in [-0.05, 0) is 49.2 Å². The second kappa shape index (κ2) is 9.21. The smallest absolute Gasteiger partial charge is 0.340 e. The third kappa shape index (κ3) is 4.21. The van der Waals surface area contributed by atoms with E-state index >= 15 is 0 Å². The lowest BCUT2D eigenvalue weighted by molar-refractivity contribution is 0.0601. The van der Waals surface area contributed by atoms with E-state index in [1.807, 2.05) is 0 Å². The third-order valence-corrected chi connectivity index (χ3v) is 5.71. The standard InChI is InChI=1S/C24H25N3O5/c1-31-16-9-11-19(18(14-16)24(30)32-2)26-22(28)15-8-10-17-20(13-15)25-21-7-5-3-4-6-12-27(21)23(17)29/h8-11,13-14H,3-7,12H2,1-2H3,(H,26,28). The molecule has 1 N–H and O–H groups in total. The molecule has 8 nitrogen and oxygen atoms in total. The van der Waals surface area contributed by atoms with E-state index in [1.165, 1.54) is 20.3 Å². The molecule has 1 aliphatic heterocycles. The highest BCUT2D eigenvalue weighted by Crippen LogP contribution is 2.24. The summed E-state index contributed by atoms with van der Waals surface area (Å²) in [6.07, 6.45) is 4.94. The fourth-order valence-corrected chi connectivity index (χ4v) is 3.97. The minimum atomic E-state index is -0.592. The lowest BCUT2D eigenvalue weighted by atomic mass is 10.1. The second-order valence-electron chi connectivity index (χ2n) is 7.74. The summed E-state index contributed by atoms with van der Waals surface area (Å²) in [7, 11) is 2.76. The average molecular weight is 435 g/mol. The van der Waals surface area contributed by atoms with E-state index in [2.05, 4.69) is 5.32 Å². The monoisotopic (exact) mass is 435 g/mol. The number of methoxy groups -OCH3 is 2. The van der Waals surface area contributed by atoms with Gasteiger partial charge in [0.2, 0.25) is 0 Å². The summed E-state index contributed by atoms with van der Waals surface area (Å²) in [6, 6.07) is 9.58. The Morgan fingerprint density at radius 2 is 1.84 bits per heavy atom. The molecule has 1 amide bonds. The van der Waals surface area contributed by atoms with Gasteiger partial charge in [0.1, 0.15) is 11.6 Å². The summed E-state index contributed by atoms with van der Waals surface area (Å²) in [4.78, 5) is 42.8. The highest BCUT2D eigenvalue weighted by atomic mass is 16.5. The van der Waals surface area contributed by atoms with Crippen LogP contribution < -0.4 is 15.6 Å². The molecule has 4 rings (SSSR count). The largest absolute Gasteiger partial charge is 0.497 e. The number of aryl methyl sites for hydroxylation is 1. The topological polar surface area (TPSA) is 99.5 Å². The fraction of sp³-hybridized carbons (Fsp3) is 0.333. The van der Waals surface area contributed by atoms with Crippen molar-refractivity contribution in [2.75, 3.05) is 19.5 Å². The number of nitrogens with one attached hydrogen (secondary N) is 1. The van der Waals surface area contributed by atoms with Gasteiger partial charge in [0.05, 0.1) is 36.4 Å². The van der Waals surface area contributed by atoms with Crippen molar-refractivity contribution in [2.24, 2.45) is 0 Å². The van der Waals surface area contributed by atoms with E-state index in [0.29, 0.717) is 34.4 Å². The van der Waals surface area contributed by atoms with E-state index in [0.717, 1.165) is 37.9 Å². The van der Waals surface area contributed by atoms with Gasteiger partial charge in [-0.2, -0.15) is 0 Å². The molecule has 0 aliphatic carbocycles. The Morgan fingerprint density at radius 3 is 2.62 bits per heavy atom. The minimum absolute atomic E-state index is 0.0676. The summed E-state index contributed by atoms with van der Waals surface area (Å²) < 4.78 is 11.7. The number of esters is 1. The van der Waals surface area contributed by atoms with Gasteiger partial charge < -0.3 is 14.8 Å². The molecule has 0 bridgehead atoms. The molecule has 0 saturated heterocycles. The number of amides is 1. The van der Waals surface area contributed by atoms with Crippen LogP contribution in [0.1, 0.15) is 52.2 Å². The predicted octanol–water partition coefficient (Wildman–Crippen LogP) is 3.56. The number of rotatable bonds is 4. The van der Waals surface area contributed by atoms with Crippen LogP contribution >= 0.6 is 0 Å². The Hall–Kier alpha value is -3.68. The summed E-state index contributed by atoms with van der Waals surface area (Å²) in [5.74, 6) is 0.222. The number of anilines is 1. The molecule has 2 heterocycles. The summed E-state index contributed by atoms with van der Waals surface area (Å²) in [5, 5.41) is 3.24. The summed E-state index contributed by atoms with van der Waals surface area (Å²) >= 11 is 0. The molecule has 8 heteroatoms. The highest BCUT2D eigenvalue weighted by molar-refractivity contribution is 6.09. The zero-order valence-corrected chi connectivity index (χ0v) is 18.1. The Morgan fingerprint density at radius 1 is 1.03 bits per heavy atom. The molecule has 0 radical (unpaired) electrons. The van der Waals surface area contributed by atoms with Crippen LogP contribution in [0.15, 0.2) is 41.2 Å². The van der Waals surface area contributed by atoms with E-state index < -0.39 is 11.9 Å². The molecular formula is C24H25N3O5. The molecule has 1 aliphatic rings. The lowest BCUT2D eigenvalue weighted by Gasteiger charge is -2.16. The maximum atomic E-state index is 13.0. The molecule has 0 fully saturated rings. The summed E-state index contributed by atoms with van der Waals surface area (Å²) in [6.45, 7) is 0.674. The lowest BCUT2D eigenvalue weighted by Crippen LogP contribution is -2.26. The van der Waals surface area contributed by atoms with Crippen LogP contribution in [0.4, 0.5) is 5.69 Å². The predicted molar refractivity (Wildman–Crippen MR) is 120 cm³/mol. The number of hydrogen-bond donors (Lipinski definition) is 1. The van der Waals surface area contributed by atoms with E-state index in [-0.39, 0.29) is 11.1 Å². The zero-order chi connectivity index (χ0) is 22.7. The first kappa shape index (κ1) is 21.5. The summed E-state index contributed by atoms with van der Waals surface area (Å²) in [5.41, 5.74) is 1.25. The van der Waals surface area contributed by atoms with Crippen molar-refractivity contribution in [3.8, 4) is 5.75 Å². The Balaban J connectivity index is 1.68. The first-order valence-electron chi connectivity index (χ1n) is 10.6. The molecule has 3 aromatic rings. The average Bonchev–Trinajstić information content (AvgIpc) is 2.79. The van der Waals surface area contributed by atoms with Crippen molar-refractivity contribution >= 4 is 28.5 Å². The molecule has 1 aromatic heterocycles. The molecule has 0 spiro atoms. The van der Waals surface area contributed by atoms with Gasteiger partial charge >= 0.3 is 5.97 Å².